The summed E-state index contributed by atoms with van der Waals surface area (Å²) in [5.41, 5.74) is 1.49. The Hall–Kier alpha value is -3.81. The van der Waals surface area contributed by atoms with Crippen LogP contribution in [-0.2, 0) is 19.1 Å². The molecule has 2 aromatic carbocycles. The van der Waals surface area contributed by atoms with Crippen molar-refractivity contribution in [1.29, 1.82) is 0 Å². The molecule has 172 valence electrons. The number of nitrogens with one attached hydrogen (secondary N) is 1. The molecule has 0 spiro atoms. The largest absolute Gasteiger partial charge is 0.454 e. The number of esters is 1. The Labute approximate surface area is 192 Å². The predicted octanol–water partition coefficient (Wildman–Crippen LogP) is 3.24. The molecule has 8 heteroatoms. The monoisotopic (exact) mass is 450 g/mol. The van der Waals surface area contributed by atoms with Crippen LogP contribution >= 0.6 is 0 Å². The summed E-state index contributed by atoms with van der Waals surface area (Å²) in [6.45, 7) is 2.62. The van der Waals surface area contributed by atoms with E-state index in [0.29, 0.717) is 43.1 Å². The van der Waals surface area contributed by atoms with Gasteiger partial charge in [0.1, 0.15) is 0 Å². The van der Waals surface area contributed by atoms with E-state index in [1.165, 1.54) is 6.92 Å². The number of piperidine rings is 1. The van der Waals surface area contributed by atoms with Crippen molar-refractivity contribution in [3.05, 3.63) is 60.2 Å². The Balaban J connectivity index is 1.22. The summed E-state index contributed by atoms with van der Waals surface area (Å²) >= 11 is 0. The molecule has 2 aliphatic heterocycles. The molecule has 1 fully saturated rings. The lowest BCUT2D eigenvalue weighted by Crippen LogP contribution is -2.41. The smallest absolute Gasteiger partial charge is 0.309 e. The minimum atomic E-state index is -0.948. The fourth-order valence-electron chi connectivity index (χ4n) is 3.71. The van der Waals surface area contributed by atoms with Crippen molar-refractivity contribution in [2.45, 2.75) is 25.9 Å². The lowest BCUT2D eigenvalue weighted by molar-refractivity contribution is -0.159. The molecule has 1 unspecified atom stereocenters. The van der Waals surface area contributed by atoms with E-state index >= 15 is 0 Å². The van der Waals surface area contributed by atoms with Gasteiger partial charge in [-0.05, 0) is 43.5 Å². The number of nitrogens with zero attached hydrogens (tertiary/aromatic N) is 1. The van der Waals surface area contributed by atoms with Gasteiger partial charge in [-0.2, -0.15) is 0 Å². The molecular weight excluding hydrogens is 424 g/mol. The molecule has 8 nitrogen and oxygen atoms in total. The SMILES string of the molecule is CC(OC(=O)C1CCN(C(=O)/C=C/c2ccccc2)CC1)C(=O)Nc1ccc2c(c1)OCO2. The highest BCUT2D eigenvalue weighted by atomic mass is 16.7. The van der Waals surface area contributed by atoms with Crippen molar-refractivity contribution in [3.8, 4) is 11.5 Å². The summed E-state index contributed by atoms with van der Waals surface area (Å²) < 4.78 is 15.9. The van der Waals surface area contributed by atoms with Crippen molar-refractivity contribution in [2.24, 2.45) is 5.92 Å². The Morgan fingerprint density at radius 3 is 2.55 bits per heavy atom. The molecule has 2 amide bonds. The van der Waals surface area contributed by atoms with Crippen molar-refractivity contribution in [2.75, 3.05) is 25.2 Å². The number of rotatable bonds is 6. The van der Waals surface area contributed by atoms with Gasteiger partial charge < -0.3 is 24.4 Å². The lowest BCUT2D eigenvalue weighted by atomic mass is 9.97. The fourth-order valence-corrected chi connectivity index (χ4v) is 3.71. The van der Waals surface area contributed by atoms with E-state index < -0.39 is 18.0 Å². The standard InChI is InChI=1S/C25H26N2O6/c1-17(24(29)26-20-8-9-21-22(15-20)32-16-31-21)33-25(30)19-11-13-27(14-12-19)23(28)10-7-18-5-3-2-4-6-18/h2-10,15,17,19H,11-14,16H2,1H3,(H,26,29)/b10-7+. The number of amides is 2. The van der Waals surface area contributed by atoms with Gasteiger partial charge in [0.2, 0.25) is 12.7 Å². The van der Waals surface area contributed by atoms with Gasteiger partial charge in [-0.3, -0.25) is 14.4 Å². The van der Waals surface area contributed by atoms with Gasteiger partial charge in [0.15, 0.2) is 17.6 Å². The zero-order valence-corrected chi connectivity index (χ0v) is 18.4. The van der Waals surface area contributed by atoms with E-state index in [4.69, 9.17) is 14.2 Å². The van der Waals surface area contributed by atoms with E-state index in [9.17, 15) is 14.4 Å². The Kier molecular flexibility index (Phi) is 6.92. The van der Waals surface area contributed by atoms with Gasteiger partial charge >= 0.3 is 5.97 Å². The molecule has 1 N–H and O–H groups in total. The maximum absolute atomic E-state index is 12.5. The van der Waals surface area contributed by atoms with Gasteiger partial charge in [-0.15, -0.1) is 0 Å². The Bertz CT molecular complexity index is 1040. The summed E-state index contributed by atoms with van der Waals surface area (Å²) in [7, 11) is 0. The van der Waals surface area contributed by atoms with Crippen LogP contribution in [0.15, 0.2) is 54.6 Å². The summed E-state index contributed by atoms with van der Waals surface area (Å²) in [6, 6.07) is 14.7. The van der Waals surface area contributed by atoms with Crippen LogP contribution < -0.4 is 14.8 Å². The average molecular weight is 450 g/mol. The maximum atomic E-state index is 12.5. The quantitative estimate of drug-likeness (QED) is 0.536. The molecule has 0 saturated carbocycles. The molecule has 2 heterocycles. The molecule has 2 aliphatic rings. The second-order valence-electron chi connectivity index (χ2n) is 7.98. The van der Waals surface area contributed by atoms with Crippen molar-refractivity contribution in [3.63, 3.8) is 0 Å². The second-order valence-corrected chi connectivity index (χ2v) is 7.98. The van der Waals surface area contributed by atoms with Crippen LogP contribution in [0.1, 0.15) is 25.3 Å². The number of anilines is 1. The Morgan fingerprint density at radius 2 is 1.79 bits per heavy atom. The van der Waals surface area contributed by atoms with Crippen molar-refractivity contribution >= 4 is 29.5 Å². The van der Waals surface area contributed by atoms with Crippen LogP contribution in [-0.4, -0.2) is 48.7 Å². The average Bonchev–Trinajstić information content (AvgIpc) is 3.31. The minimum Gasteiger partial charge on any atom is -0.454 e. The van der Waals surface area contributed by atoms with E-state index in [-0.39, 0.29) is 18.6 Å². The molecule has 0 aliphatic carbocycles. The number of hydrogen-bond acceptors (Lipinski definition) is 6. The number of carbonyl (C=O) groups is 3. The first-order chi connectivity index (χ1) is 16.0. The van der Waals surface area contributed by atoms with Crippen LogP contribution in [0.5, 0.6) is 11.5 Å². The molecule has 0 aromatic heterocycles. The van der Waals surface area contributed by atoms with E-state index in [0.717, 1.165) is 5.56 Å². The van der Waals surface area contributed by atoms with Crippen LogP contribution in [0.4, 0.5) is 5.69 Å². The van der Waals surface area contributed by atoms with Gasteiger partial charge in [0.05, 0.1) is 5.92 Å². The first-order valence-electron chi connectivity index (χ1n) is 10.9. The minimum absolute atomic E-state index is 0.0813. The van der Waals surface area contributed by atoms with Gasteiger partial charge in [0, 0.05) is 30.9 Å². The highest BCUT2D eigenvalue weighted by Gasteiger charge is 2.30. The van der Waals surface area contributed by atoms with Gasteiger partial charge in [-0.25, -0.2) is 0 Å². The number of ether oxygens (including phenoxy) is 3. The Morgan fingerprint density at radius 1 is 1.06 bits per heavy atom. The van der Waals surface area contributed by atoms with Crippen LogP contribution in [0.25, 0.3) is 6.08 Å². The molecule has 4 rings (SSSR count). The zero-order valence-electron chi connectivity index (χ0n) is 18.4. The molecule has 2 aromatic rings. The third-order valence-electron chi connectivity index (χ3n) is 5.66. The van der Waals surface area contributed by atoms with E-state index in [1.807, 2.05) is 30.3 Å². The summed E-state index contributed by atoms with van der Waals surface area (Å²) in [4.78, 5) is 39.1. The number of fused-ring (bicyclic) bond motifs is 1. The van der Waals surface area contributed by atoms with Crippen LogP contribution in [0, 0.1) is 5.92 Å². The molecule has 1 atom stereocenters. The van der Waals surface area contributed by atoms with Gasteiger partial charge in [-0.1, -0.05) is 30.3 Å². The zero-order chi connectivity index (χ0) is 23.2. The van der Waals surface area contributed by atoms with Crippen LogP contribution in [0.3, 0.4) is 0 Å². The predicted molar refractivity (Wildman–Crippen MR) is 122 cm³/mol. The maximum Gasteiger partial charge on any atom is 0.309 e. The number of carbonyl (C=O) groups excluding carboxylic acids is 3. The summed E-state index contributed by atoms with van der Waals surface area (Å²) in [6.07, 6.45) is 3.39. The highest BCUT2D eigenvalue weighted by molar-refractivity contribution is 5.95. The van der Waals surface area contributed by atoms with E-state index in [1.54, 1.807) is 35.3 Å². The fraction of sp³-hybridized carbons (Fsp3) is 0.320. The molecule has 33 heavy (non-hydrogen) atoms. The number of benzene rings is 2. The van der Waals surface area contributed by atoms with E-state index in [2.05, 4.69) is 5.32 Å². The number of likely N-dealkylation sites (tertiary alicyclic amines) is 1. The lowest BCUT2D eigenvalue weighted by Gasteiger charge is -2.30. The number of hydrogen-bond donors (Lipinski definition) is 1. The van der Waals surface area contributed by atoms with Crippen LogP contribution in [0.2, 0.25) is 0 Å². The van der Waals surface area contributed by atoms with Crippen molar-refractivity contribution < 1.29 is 28.6 Å². The summed E-state index contributed by atoms with van der Waals surface area (Å²) in [5, 5.41) is 2.72. The molecule has 0 radical (unpaired) electrons. The molecule has 0 bridgehead atoms. The third kappa shape index (κ3) is 5.71. The van der Waals surface area contributed by atoms with Gasteiger partial charge in [0.25, 0.3) is 5.91 Å². The highest BCUT2D eigenvalue weighted by Crippen LogP contribution is 2.34. The molecular formula is C25H26N2O6. The first kappa shape index (κ1) is 22.4. The molecule has 1 saturated heterocycles. The first-order valence-corrected chi connectivity index (χ1v) is 10.9. The second kappa shape index (κ2) is 10.2. The van der Waals surface area contributed by atoms with Crippen molar-refractivity contribution in [1.82, 2.24) is 4.90 Å². The summed E-state index contributed by atoms with van der Waals surface area (Å²) in [5.74, 6) is -0.101. The topological polar surface area (TPSA) is 94.2 Å². The normalized spacial score (nSPS) is 16.5. The third-order valence-corrected chi connectivity index (χ3v) is 5.66.